The molecule has 0 saturated heterocycles. The van der Waals surface area contributed by atoms with Gasteiger partial charge >= 0.3 is 6.03 Å². The van der Waals surface area contributed by atoms with Gasteiger partial charge < -0.3 is 10.2 Å². The Morgan fingerprint density at radius 1 is 1.36 bits per heavy atom. The molecule has 1 aromatic carbocycles. The van der Waals surface area contributed by atoms with Gasteiger partial charge in [-0.3, -0.25) is 0 Å². The zero-order valence-electron chi connectivity index (χ0n) is 13.1. The highest BCUT2D eigenvalue weighted by Crippen LogP contribution is 2.31. The average molecular weight is 315 g/mol. The summed E-state index contributed by atoms with van der Waals surface area (Å²) in [4.78, 5) is 19.9. The van der Waals surface area contributed by atoms with Crippen molar-refractivity contribution in [3.63, 3.8) is 0 Å². The normalized spacial score (nSPS) is 13.8. The number of hydrogen-bond acceptors (Lipinski definition) is 3. The highest BCUT2D eigenvalue weighted by Gasteiger charge is 2.24. The molecule has 0 spiro atoms. The van der Waals surface area contributed by atoms with E-state index in [1.54, 1.807) is 11.3 Å². The minimum atomic E-state index is 0.0396. The summed E-state index contributed by atoms with van der Waals surface area (Å²) in [7, 11) is 0. The minimum Gasteiger partial charge on any atom is -0.338 e. The number of nitrogens with zero attached hydrogens (tertiary/aromatic N) is 2. The maximum absolute atomic E-state index is 12.1. The molecule has 22 heavy (non-hydrogen) atoms. The number of rotatable bonds is 3. The third kappa shape index (κ3) is 3.14. The zero-order chi connectivity index (χ0) is 15.5. The molecule has 1 aromatic heterocycles. The molecule has 3 rings (SSSR count). The third-order valence-corrected chi connectivity index (χ3v) is 4.97. The second kappa shape index (κ2) is 6.48. The Morgan fingerprint density at radius 2 is 2.14 bits per heavy atom. The molecule has 2 amide bonds. The van der Waals surface area contributed by atoms with Crippen molar-refractivity contribution in [2.24, 2.45) is 0 Å². The first-order chi connectivity index (χ1) is 10.7. The predicted octanol–water partition coefficient (Wildman–Crippen LogP) is 3.60. The van der Waals surface area contributed by atoms with E-state index >= 15 is 0 Å². The largest absolute Gasteiger partial charge is 0.338 e. The molecule has 0 atom stereocenters. The van der Waals surface area contributed by atoms with Gasteiger partial charge in [-0.05, 0) is 13.3 Å². The maximum atomic E-state index is 12.1. The Hall–Kier alpha value is -1.88. The second-order valence-electron chi connectivity index (χ2n) is 5.66. The van der Waals surface area contributed by atoms with Gasteiger partial charge in [0.25, 0.3) is 0 Å². The third-order valence-electron chi connectivity index (χ3n) is 3.84. The van der Waals surface area contributed by atoms with Crippen molar-refractivity contribution in [1.29, 1.82) is 0 Å². The molecule has 2 aromatic rings. The molecule has 0 unspecified atom stereocenters. The number of aryl methyl sites for hydroxylation is 1. The molecule has 0 saturated carbocycles. The molecule has 0 bridgehead atoms. The van der Waals surface area contributed by atoms with E-state index in [1.807, 2.05) is 4.90 Å². The fraction of sp³-hybridized carbons (Fsp3) is 0.412. The Kier molecular flexibility index (Phi) is 4.43. The van der Waals surface area contributed by atoms with E-state index in [0.29, 0.717) is 6.54 Å². The van der Waals surface area contributed by atoms with Gasteiger partial charge in [-0.1, -0.05) is 36.8 Å². The molecular formula is C17H21N3OS. The summed E-state index contributed by atoms with van der Waals surface area (Å²) in [6.45, 7) is 6.31. The van der Waals surface area contributed by atoms with Gasteiger partial charge in [0, 0.05) is 30.0 Å². The molecule has 0 radical (unpaired) electrons. The van der Waals surface area contributed by atoms with E-state index < -0.39 is 0 Å². The van der Waals surface area contributed by atoms with Crippen LogP contribution in [0.1, 0.15) is 29.5 Å². The van der Waals surface area contributed by atoms with Gasteiger partial charge in [0.1, 0.15) is 5.01 Å². The SMILES string of the molecule is CCCNC(=O)N1CCc2nc(-c3ccc(C)cc3)sc2C1. The number of fused-ring (bicyclic) bond motifs is 1. The molecule has 1 aliphatic rings. The van der Waals surface area contributed by atoms with Crippen LogP contribution in [-0.2, 0) is 13.0 Å². The van der Waals surface area contributed by atoms with E-state index in [2.05, 4.69) is 43.4 Å². The van der Waals surface area contributed by atoms with Crippen LogP contribution in [0.2, 0.25) is 0 Å². The summed E-state index contributed by atoms with van der Waals surface area (Å²) >= 11 is 1.71. The van der Waals surface area contributed by atoms with Crippen molar-refractivity contribution in [3.8, 4) is 10.6 Å². The van der Waals surface area contributed by atoms with Crippen LogP contribution in [0, 0.1) is 6.92 Å². The number of thiazole rings is 1. The molecule has 116 valence electrons. The monoisotopic (exact) mass is 315 g/mol. The van der Waals surface area contributed by atoms with Crippen LogP contribution < -0.4 is 5.32 Å². The Bertz CT molecular complexity index is 663. The van der Waals surface area contributed by atoms with Gasteiger partial charge in [0.15, 0.2) is 0 Å². The van der Waals surface area contributed by atoms with Crippen LogP contribution >= 0.6 is 11.3 Å². The fourth-order valence-electron chi connectivity index (χ4n) is 2.53. The Labute approximate surface area is 135 Å². The van der Waals surface area contributed by atoms with Crippen molar-refractivity contribution in [1.82, 2.24) is 15.2 Å². The molecule has 1 aliphatic heterocycles. The first-order valence-corrected chi connectivity index (χ1v) is 8.57. The summed E-state index contributed by atoms with van der Waals surface area (Å²) in [5, 5.41) is 4.01. The van der Waals surface area contributed by atoms with E-state index in [-0.39, 0.29) is 6.03 Å². The molecule has 4 nitrogen and oxygen atoms in total. The lowest BCUT2D eigenvalue weighted by Crippen LogP contribution is -2.42. The molecule has 0 aliphatic carbocycles. The minimum absolute atomic E-state index is 0.0396. The van der Waals surface area contributed by atoms with Crippen molar-refractivity contribution in [2.45, 2.75) is 33.2 Å². The second-order valence-corrected chi connectivity index (χ2v) is 6.74. The number of urea groups is 1. The van der Waals surface area contributed by atoms with Crippen LogP contribution in [-0.4, -0.2) is 29.0 Å². The predicted molar refractivity (Wildman–Crippen MR) is 90.1 cm³/mol. The van der Waals surface area contributed by atoms with Gasteiger partial charge in [-0.25, -0.2) is 9.78 Å². The Balaban J connectivity index is 1.75. The maximum Gasteiger partial charge on any atom is 0.317 e. The molecule has 2 heterocycles. The topological polar surface area (TPSA) is 45.2 Å². The lowest BCUT2D eigenvalue weighted by molar-refractivity contribution is 0.193. The van der Waals surface area contributed by atoms with Crippen molar-refractivity contribution >= 4 is 17.4 Å². The lowest BCUT2D eigenvalue weighted by Gasteiger charge is -2.26. The van der Waals surface area contributed by atoms with Crippen LogP contribution in [0.5, 0.6) is 0 Å². The highest BCUT2D eigenvalue weighted by atomic mass is 32.1. The summed E-state index contributed by atoms with van der Waals surface area (Å²) in [5.74, 6) is 0. The smallest absolute Gasteiger partial charge is 0.317 e. The molecule has 0 fully saturated rings. The highest BCUT2D eigenvalue weighted by molar-refractivity contribution is 7.15. The molecular weight excluding hydrogens is 294 g/mol. The number of amides is 2. The number of carbonyl (C=O) groups excluding carboxylic acids is 1. The number of carbonyl (C=O) groups is 1. The van der Waals surface area contributed by atoms with Crippen LogP contribution in [0.4, 0.5) is 4.79 Å². The quantitative estimate of drug-likeness (QED) is 0.940. The molecule has 1 N–H and O–H groups in total. The Morgan fingerprint density at radius 3 is 2.86 bits per heavy atom. The van der Waals surface area contributed by atoms with E-state index in [1.165, 1.54) is 10.4 Å². The number of benzene rings is 1. The van der Waals surface area contributed by atoms with Gasteiger partial charge in [-0.15, -0.1) is 11.3 Å². The summed E-state index contributed by atoms with van der Waals surface area (Å²) in [6, 6.07) is 8.50. The van der Waals surface area contributed by atoms with Crippen molar-refractivity contribution < 1.29 is 4.79 Å². The van der Waals surface area contributed by atoms with Gasteiger partial charge in [0.05, 0.1) is 12.2 Å². The summed E-state index contributed by atoms with van der Waals surface area (Å²) < 4.78 is 0. The number of aromatic nitrogens is 1. The summed E-state index contributed by atoms with van der Waals surface area (Å²) in [6.07, 6.45) is 1.81. The van der Waals surface area contributed by atoms with Gasteiger partial charge in [0.2, 0.25) is 0 Å². The van der Waals surface area contributed by atoms with Crippen LogP contribution in [0.25, 0.3) is 10.6 Å². The first kappa shape index (κ1) is 15.0. The van der Waals surface area contributed by atoms with Crippen molar-refractivity contribution in [3.05, 3.63) is 40.4 Å². The summed E-state index contributed by atoms with van der Waals surface area (Å²) in [5.41, 5.74) is 3.57. The fourth-order valence-corrected chi connectivity index (χ4v) is 3.66. The van der Waals surface area contributed by atoms with E-state index in [9.17, 15) is 4.79 Å². The standard InChI is InChI=1S/C17H21N3OS/c1-3-9-18-17(21)20-10-8-14-15(11-20)22-16(19-14)13-6-4-12(2)5-7-13/h4-7H,3,8-11H2,1-2H3,(H,18,21). The number of nitrogens with one attached hydrogen (secondary N) is 1. The number of hydrogen-bond donors (Lipinski definition) is 1. The van der Waals surface area contributed by atoms with Gasteiger partial charge in [-0.2, -0.15) is 0 Å². The van der Waals surface area contributed by atoms with Crippen LogP contribution in [0.15, 0.2) is 24.3 Å². The van der Waals surface area contributed by atoms with E-state index in [0.717, 1.165) is 42.2 Å². The van der Waals surface area contributed by atoms with Crippen molar-refractivity contribution in [2.75, 3.05) is 13.1 Å². The van der Waals surface area contributed by atoms with Crippen LogP contribution in [0.3, 0.4) is 0 Å². The first-order valence-electron chi connectivity index (χ1n) is 7.75. The zero-order valence-corrected chi connectivity index (χ0v) is 13.9. The average Bonchev–Trinajstić information content (AvgIpc) is 2.96. The lowest BCUT2D eigenvalue weighted by atomic mass is 10.1. The molecule has 5 heteroatoms. The van der Waals surface area contributed by atoms with E-state index in [4.69, 9.17) is 4.98 Å².